The van der Waals surface area contributed by atoms with Crippen molar-refractivity contribution in [3.63, 3.8) is 0 Å². The highest BCUT2D eigenvalue weighted by Crippen LogP contribution is 2.37. The summed E-state index contributed by atoms with van der Waals surface area (Å²) >= 11 is 9.87. The maximum Gasteiger partial charge on any atom is 0.175 e. The lowest BCUT2D eigenvalue weighted by molar-refractivity contribution is 0.129. The third-order valence-electron chi connectivity index (χ3n) is 4.31. The van der Waals surface area contributed by atoms with Crippen LogP contribution in [0.25, 0.3) is 0 Å². The molecule has 0 bridgehead atoms. The third kappa shape index (κ3) is 9.44. The molecule has 0 saturated heterocycles. The molecule has 0 amide bonds. The molecule has 0 aliphatic rings. The van der Waals surface area contributed by atoms with E-state index in [4.69, 9.17) is 25.8 Å². The Kier molecular flexibility index (Phi) is 14.2. The standard InChI is InChI=1S/C23H31BrClNO3.ClH/c1-3-5-12-27-13-8-11-26-16-18-14-20(24)23(22(15-18)28-4-2)29-17-19-9-6-7-10-21(19)25;/h6-7,9-10,14-15,26H,3-5,8,11-13,16-17H2,1-2H3;1H. The van der Waals surface area contributed by atoms with Crippen molar-refractivity contribution in [2.45, 2.75) is 46.3 Å². The molecule has 0 unspecified atom stereocenters. The molecule has 0 heterocycles. The molecule has 1 N–H and O–H groups in total. The fourth-order valence-electron chi connectivity index (χ4n) is 2.77. The maximum absolute atomic E-state index is 6.23. The number of hydrogen-bond acceptors (Lipinski definition) is 4. The normalized spacial score (nSPS) is 10.5. The van der Waals surface area contributed by atoms with E-state index in [0.717, 1.165) is 60.5 Å². The predicted molar refractivity (Wildman–Crippen MR) is 130 cm³/mol. The quantitative estimate of drug-likeness (QED) is 0.278. The van der Waals surface area contributed by atoms with Crippen molar-refractivity contribution in [1.29, 1.82) is 0 Å². The van der Waals surface area contributed by atoms with Crippen LogP contribution in [0.5, 0.6) is 11.5 Å². The fraction of sp³-hybridized carbons (Fsp3) is 0.478. The van der Waals surface area contributed by atoms with Gasteiger partial charge in [0, 0.05) is 30.3 Å². The van der Waals surface area contributed by atoms with E-state index in [1.807, 2.05) is 37.3 Å². The van der Waals surface area contributed by atoms with Crippen molar-refractivity contribution < 1.29 is 14.2 Å². The SMILES string of the molecule is CCCCOCCCNCc1cc(Br)c(OCc2ccccc2Cl)c(OCC)c1.Cl. The number of nitrogens with one attached hydrogen (secondary N) is 1. The molecule has 0 fully saturated rings. The van der Waals surface area contributed by atoms with Crippen LogP contribution in [0.2, 0.25) is 5.02 Å². The van der Waals surface area contributed by atoms with Gasteiger partial charge in [0.15, 0.2) is 11.5 Å². The number of ether oxygens (including phenoxy) is 3. The zero-order valence-corrected chi connectivity index (χ0v) is 20.9. The zero-order valence-electron chi connectivity index (χ0n) is 17.7. The minimum Gasteiger partial charge on any atom is -0.490 e. The summed E-state index contributed by atoms with van der Waals surface area (Å²) in [7, 11) is 0. The summed E-state index contributed by atoms with van der Waals surface area (Å²) in [4.78, 5) is 0. The van der Waals surface area contributed by atoms with E-state index >= 15 is 0 Å². The Hall–Kier alpha value is -0.980. The van der Waals surface area contributed by atoms with Crippen LogP contribution in [-0.4, -0.2) is 26.4 Å². The average molecular weight is 521 g/mol. The molecular weight excluding hydrogens is 489 g/mol. The fourth-order valence-corrected chi connectivity index (χ4v) is 3.57. The largest absolute Gasteiger partial charge is 0.490 e. The monoisotopic (exact) mass is 519 g/mol. The van der Waals surface area contributed by atoms with Gasteiger partial charge in [0.25, 0.3) is 0 Å². The molecule has 4 nitrogen and oxygen atoms in total. The Balaban J connectivity index is 0.00000450. The van der Waals surface area contributed by atoms with E-state index in [9.17, 15) is 0 Å². The second-order valence-electron chi connectivity index (χ2n) is 6.71. The maximum atomic E-state index is 6.23. The van der Waals surface area contributed by atoms with Gasteiger partial charge in [0.1, 0.15) is 6.61 Å². The van der Waals surface area contributed by atoms with Gasteiger partial charge < -0.3 is 19.5 Å². The summed E-state index contributed by atoms with van der Waals surface area (Å²) in [6, 6.07) is 11.8. The van der Waals surface area contributed by atoms with E-state index in [0.29, 0.717) is 24.0 Å². The Bertz CT molecular complexity index is 746. The summed E-state index contributed by atoms with van der Waals surface area (Å²) < 4.78 is 18.3. The Labute approximate surface area is 200 Å². The highest BCUT2D eigenvalue weighted by Gasteiger charge is 2.13. The molecule has 0 aliphatic carbocycles. The summed E-state index contributed by atoms with van der Waals surface area (Å²) in [6.45, 7) is 8.43. The number of hydrogen-bond donors (Lipinski definition) is 1. The predicted octanol–water partition coefficient (Wildman–Crippen LogP) is 6.80. The van der Waals surface area contributed by atoms with Gasteiger partial charge in [-0.05, 0) is 66.0 Å². The van der Waals surface area contributed by atoms with Crippen LogP contribution in [0.4, 0.5) is 0 Å². The topological polar surface area (TPSA) is 39.7 Å². The van der Waals surface area contributed by atoms with E-state index in [2.05, 4.69) is 34.2 Å². The number of unbranched alkanes of at least 4 members (excludes halogenated alkanes) is 1. The van der Waals surface area contributed by atoms with Crippen molar-refractivity contribution in [3.05, 3.63) is 57.0 Å². The molecule has 2 aromatic rings. The second kappa shape index (κ2) is 15.8. The minimum atomic E-state index is 0. The number of halogens is 3. The van der Waals surface area contributed by atoms with Gasteiger partial charge in [-0.2, -0.15) is 0 Å². The third-order valence-corrected chi connectivity index (χ3v) is 5.27. The first-order chi connectivity index (χ1) is 14.2. The van der Waals surface area contributed by atoms with Crippen molar-refractivity contribution >= 4 is 39.9 Å². The molecule has 168 valence electrons. The molecule has 7 heteroatoms. The smallest absolute Gasteiger partial charge is 0.175 e. The van der Waals surface area contributed by atoms with Crippen LogP contribution in [0.1, 0.15) is 44.2 Å². The first kappa shape index (κ1) is 27.1. The van der Waals surface area contributed by atoms with Crippen LogP contribution in [0, 0.1) is 0 Å². The number of benzene rings is 2. The lowest BCUT2D eigenvalue weighted by Crippen LogP contribution is -2.16. The summed E-state index contributed by atoms with van der Waals surface area (Å²) in [5.41, 5.74) is 2.08. The summed E-state index contributed by atoms with van der Waals surface area (Å²) in [5.74, 6) is 1.42. The Morgan fingerprint density at radius 1 is 1.03 bits per heavy atom. The molecule has 0 spiro atoms. The first-order valence-electron chi connectivity index (χ1n) is 10.3. The van der Waals surface area contributed by atoms with Gasteiger partial charge in [-0.25, -0.2) is 0 Å². The van der Waals surface area contributed by atoms with Crippen molar-refractivity contribution in [2.24, 2.45) is 0 Å². The van der Waals surface area contributed by atoms with Crippen molar-refractivity contribution in [2.75, 3.05) is 26.4 Å². The van der Waals surface area contributed by atoms with E-state index < -0.39 is 0 Å². The summed E-state index contributed by atoms with van der Waals surface area (Å²) in [5, 5.41) is 4.15. The first-order valence-corrected chi connectivity index (χ1v) is 11.4. The van der Waals surface area contributed by atoms with Crippen LogP contribution >= 0.6 is 39.9 Å². The average Bonchev–Trinajstić information content (AvgIpc) is 2.71. The lowest BCUT2D eigenvalue weighted by Gasteiger charge is -2.16. The van der Waals surface area contributed by atoms with E-state index in [1.54, 1.807) is 0 Å². The highest BCUT2D eigenvalue weighted by molar-refractivity contribution is 9.10. The Morgan fingerprint density at radius 2 is 1.80 bits per heavy atom. The van der Waals surface area contributed by atoms with Crippen LogP contribution < -0.4 is 14.8 Å². The lowest BCUT2D eigenvalue weighted by atomic mass is 10.2. The molecule has 0 aliphatic heterocycles. The van der Waals surface area contributed by atoms with Crippen molar-refractivity contribution in [1.82, 2.24) is 5.32 Å². The van der Waals surface area contributed by atoms with Gasteiger partial charge in [-0.3, -0.25) is 0 Å². The van der Waals surface area contributed by atoms with Gasteiger partial charge in [-0.15, -0.1) is 12.4 Å². The van der Waals surface area contributed by atoms with Crippen LogP contribution in [-0.2, 0) is 17.9 Å². The van der Waals surface area contributed by atoms with Crippen molar-refractivity contribution in [3.8, 4) is 11.5 Å². The highest BCUT2D eigenvalue weighted by atomic mass is 79.9. The van der Waals surface area contributed by atoms with Gasteiger partial charge in [0.2, 0.25) is 0 Å². The number of rotatable bonds is 14. The van der Waals surface area contributed by atoms with E-state index in [1.165, 1.54) is 6.42 Å². The Morgan fingerprint density at radius 3 is 2.53 bits per heavy atom. The molecule has 2 aromatic carbocycles. The van der Waals surface area contributed by atoms with Crippen LogP contribution in [0.3, 0.4) is 0 Å². The molecular formula is C23H32BrCl2NO3. The molecule has 0 atom stereocenters. The molecule has 0 aromatic heterocycles. The molecule has 0 saturated carbocycles. The van der Waals surface area contributed by atoms with Crippen LogP contribution in [0.15, 0.2) is 40.9 Å². The molecule has 0 radical (unpaired) electrons. The van der Waals surface area contributed by atoms with Gasteiger partial charge in [0.05, 0.1) is 11.1 Å². The second-order valence-corrected chi connectivity index (χ2v) is 7.98. The summed E-state index contributed by atoms with van der Waals surface area (Å²) in [6.07, 6.45) is 3.31. The zero-order chi connectivity index (χ0) is 20.9. The molecule has 2 rings (SSSR count). The van der Waals surface area contributed by atoms with Gasteiger partial charge >= 0.3 is 0 Å². The molecule has 30 heavy (non-hydrogen) atoms. The van der Waals surface area contributed by atoms with E-state index in [-0.39, 0.29) is 12.4 Å². The van der Waals surface area contributed by atoms with Gasteiger partial charge in [-0.1, -0.05) is 43.1 Å². The minimum absolute atomic E-state index is 0.